The van der Waals surface area contributed by atoms with Gasteiger partial charge in [-0.25, -0.2) is 0 Å². The van der Waals surface area contributed by atoms with Crippen LogP contribution in [0.15, 0.2) is 0 Å². The lowest BCUT2D eigenvalue weighted by Crippen LogP contribution is -2.13. The van der Waals surface area contributed by atoms with E-state index in [0.717, 1.165) is 12.7 Å². The summed E-state index contributed by atoms with van der Waals surface area (Å²) in [6.07, 6.45) is 3.43. The molecule has 1 aliphatic rings. The Kier molecular flexibility index (Phi) is 1.84. The zero-order valence-electron chi connectivity index (χ0n) is 7.05. The molecule has 0 radical (unpaired) electrons. The Bertz CT molecular complexity index is 138. The van der Waals surface area contributed by atoms with Crippen molar-refractivity contribution in [1.82, 2.24) is 0 Å². The Morgan fingerprint density at radius 3 is 2.50 bits per heavy atom. The molecule has 0 amide bonds. The first-order valence-electron chi connectivity index (χ1n) is 4.07. The summed E-state index contributed by atoms with van der Waals surface area (Å²) in [5, 5.41) is 0. The van der Waals surface area contributed by atoms with Crippen molar-refractivity contribution in [3.05, 3.63) is 0 Å². The van der Waals surface area contributed by atoms with Gasteiger partial charge in [-0.15, -0.1) is 0 Å². The van der Waals surface area contributed by atoms with Gasteiger partial charge in [-0.2, -0.15) is 0 Å². The SMILES string of the molecule is CCC(C)(C)[C@H]1C[C@H]1C=O. The van der Waals surface area contributed by atoms with Crippen LogP contribution >= 0.6 is 0 Å². The lowest BCUT2D eigenvalue weighted by molar-refractivity contribution is -0.109. The smallest absolute Gasteiger partial charge is 0.123 e. The van der Waals surface area contributed by atoms with Crippen molar-refractivity contribution in [2.75, 3.05) is 0 Å². The highest BCUT2D eigenvalue weighted by atomic mass is 16.1. The molecular weight excluding hydrogens is 124 g/mol. The van der Waals surface area contributed by atoms with Crippen LogP contribution in [0.25, 0.3) is 0 Å². The highest BCUT2D eigenvalue weighted by Crippen LogP contribution is 2.51. The van der Waals surface area contributed by atoms with E-state index in [2.05, 4.69) is 20.8 Å². The maximum Gasteiger partial charge on any atom is 0.123 e. The summed E-state index contributed by atoms with van der Waals surface area (Å²) in [4.78, 5) is 10.3. The second-order valence-electron chi connectivity index (χ2n) is 3.98. The Balaban J connectivity index is 2.45. The first-order valence-corrected chi connectivity index (χ1v) is 4.07. The van der Waals surface area contributed by atoms with Gasteiger partial charge in [0.25, 0.3) is 0 Å². The maximum absolute atomic E-state index is 10.3. The fraction of sp³-hybridized carbons (Fsp3) is 0.889. The van der Waals surface area contributed by atoms with Crippen LogP contribution in [0.1, 0.15) is 33.6 Å². The first kappa shape index (κ1) is 7.77. The molecule has 0 aliphatic heterocycles. The van der Waals surface area contributed by atoms with Crippen LogP contribution in [0.4, 0.5) is 0 Å². The summed E-state index contributed by atoms with van der Waals surface area (Å²) in [6, 6.07) is 0. The highest BCUT2D eigenvalue weighted by molar-refractivity contribution is 5.58. The van der Waals surface area contributed by atoms with Crippen molar-refractivity contribution in [3.8, 4) is 0 Å². The molecule has 1 fully saturated rings. The number of carbonyl (C=O) groups is 1. The molecule has 0 saturated heterocycles. The first-order chi connectivity index (χ1) is 4.61. The van der Waals surface area contributed by atoms with Gasteiger partial charge >= 0.3 is 0 Å². The minimum atomic E-state index is 0.384. The van der Waals surface area contributed by atoms with Gasteiger partial charge in [0.05, 0.1) is 0 Å². The van der Waals surface area contributed by atoms with Gasteiger partial charge in [-0.1, -0.05) is 27.2 Å². The lowest BCUT2D eigenvalue weighted by atomic mass is 9.84. The molecule has 0 spiro atoms. The fourth-order valence-corrected chi connectivity index (χ4v) is 1.53. The minimum Gasteiger partial charge on any atom is -0.303 e. The van der Waals surface area contributed by atoms with E-state index in [4.69, 9.17) is 0 Å². The van der Waals surface area contributed by atoms with E-state index in [1.807, 2.05) is 0 Å². The zero-order chi connectivity index (χ0) is 7.78. The molecule has 0 aromatic heterocycles. The molecule has 1 saturated carbocycles. The fourth-order valence-electron chi connectivity index (χ4n) is 1.53. The molecule has 1 aliphatic carbocycles. The second-order valence-corrected chi connectivity index (χ2v) is 3.98. The van der Waals surface area contributed by atoms with Gasteiger partial charge in [0, 0.05) is 5.92 Å². The molecule has 0 aromatic rings. The van der Waals surface area contributed by atoms with Gasteiger partial charge in [-0.05, 0) is 17.8 Å². The van der Waals surface area contributed by atoms with Crippen LogP contribution in [-0.4, -0.2) is 6.29 Å². The zero-order valence-corrected chi connectivity index (χ0v) is 7.05. The Hall–Kier alpha value is -0.330. The molecule has 0 N–H and O–H groups in total. The average molecular weight is 140 g/mol. The van der Waals surface area contributed by atoms with E-state index in [9.17, 15) is 4.79 Å². The predicted octanol–water partition coefficient (Wildman–Crippen LogP) is 2.26. The van der Waals surface area contributed by atoms with Crippen molar-refractivity contribution in [2.24, 2.45) is 17.3 Å². The minimum absolute atomic E-state index is 0.384. The van der Waals surface area contributed by atoms with Gasteiger partial charge in [0.2, 0.25) is 0 Å². The van der Waals surface area contributed by atoms with Crippen LogP contribution in [-0.2, 0) is 4.79 Å². The number of rotatable bonds is 3. The van der Waals surface area contributed by atoms with Gasteiger partial charge < -0.3 is 4.79 Å². The van der Waals surface area contributed by atoms with Crippen molar-refractivity contribution in [3.63, 3.8) is 0 Å². The molecule has 0 unspecified atom stereocenters. The van der Waals surface area contributed by atoms with Crippen molar-refractivity contribution in [1.29, 1.82) is 0 Å². The van der Waals surface area contributed by atoms with Crippen molar-refractivity contribution >= 4 is 6.29 Å². The number of hydrogen-bond donors (Lipinski definition) is 0. The summed E-state index contributed by atoms with van der Waals surface area (Å²) < 4.78 is 0. The Labute approximate surface area is 62.8 Å². The Morgan fingerprint density at radius 1 is 1.60 bits per heavy atom. The lowest BCUT2D eigenvalue weighted by Gasteiger charge is -2.21. The largest absolute Gasteiger partial charge is 0.303 e. The quantitative estimate of drug-likeness (QED) is 0.549. The number of aldehydes is 1. The molecule has 1 nitrogen and oxygen atoms in total. The molecular formula is C9H16O. The number of carbonyl (C=O) groups excluding carboxylic acids is 1. The topological polar surface area (TPSA) is 17.1 Å². The average Bonchev–Trinajstić information content (AvgIpc) is 2.66. The van der Waals surface area contributed by atoms with Crippen LogP contribution in [0.5, 0.6) is 0 Å². The van der Waals surface area contributed by atoms with Crippen LogP contribution in [0, 0.1) is 17.3 Å². The second kappa shape index (κ2) is 2.37. The van der Waals surface area contributed by atoms with Crippen LogP contribution < -0.4 is 0 Å². The summed E-state index contributed by atoms with van der Waals surface area (Å²) in [5.74, 6) is 1.06. The molecule has 58 valence electrons. The summed E-state index contributed by atoms with van der Waals surface area (Å²) in [6.45, 7) is 6.70. The van der Waals surface area contributed by atoms with Crippen LogP contribution in [0.3, 0.4) is 0 Å². The van der Waals surface area contributed by atoms with E-state index in [1.165, 1.54) is 6.42 Å². The monoisotopic (exact) mass is 140 g/mol. The van der Waals surface area contributed by atoms with Crippen LogP contribution in [0.2, 0.25) is 0 Å². The van der Waals surface area contributed by atoms with Gasteiger partial charge in [0.15, 0.2) is 0 Å². The van der Waals surface area contributed by atoms with E-state index >= 15 is 0 Å². The third-order valence-electron chi connectivity index (χ3n) is 2.93. The highest BCUT2D eigenvalue weighted by Gasteiger charge is 2.46. The summed E-state index contributed by atoms with van der Waals surface area (Å²) in [7, 11) is 0. The molecule has 1 rings (SSSR count). The summed E-state index contributed by atoms with van der Waals surface area (Å²) >= 11 is 0. The summed E-state index contributed by atoms with van der Waals surface area (Å²) in [5.41, 5.74) is 0.394. The van der Waals surface area contributed by atoms with Gasteiger partial charge in [0.1, 0.15) is 6.29 Å². The molecule has 10 heavy (non-hydrogen) atoms. The molecule has 0 bridgehead atoms. The molecule has 0 aromatic carbocycles. The van der Waals surface area contributed by atoms with E-state index in [0.29, 0.717) is 17.3 Å². The maximum atomic E-state index is 10.3. The van der Waals surface area contributed by atoms with Gasteiger partial charge in [-0.3, -0.25) is 0 Å². The predicted molar refractivity (Wildman–Crippen MR) is 41.7 cm³/mol. The normalized spacial score (nSPS) is 31.9. The van der Waals surface area contributed by atoms with E-state index < -0.39 is 0 Å². The van der Waals surface area contributed by atoms with E-state index in [-0.39, 0.29) is 0 Å². The standard InChI is InChI=1S/C9H16O/c1-4-9(2,3)8-5-7(8)6-10/h6-8H,4-5H2,1-3H3/t7-,8-/m0/s1. The molecule has 0 heterocycles. The number of hydrogen-bond acceptors (Lipinski definition) is 1. The van der Waals surface area contributed by atoms with Crippen molar-refractivity contribution < 1.29 is 4.79 Å². The Morgan fingerprint density at radius 2 is 2.20 bits per heavy atom. The van der Waals surface area contributed by atoms with Crippen molar-refractivity contribution in [2.45, 2.75) is 33.6 Å². The third kappa shape index (κ3) is 1.23. The third-order valence-corrected chi connectivity index (χ3v) is 2.93. The molecule has 2 atom stereocenters. The van der Waals surface area contributed by atoms with E-state index in [1.54, 1.807) is 0 Å². The molecule has 1 heteroatoms.